The third kappa shape index (κ3) is 3.64. The summed E-state index contributed by atoms with van der Waals surface area (Å²) in [5.74, 6) is -2.64. The summed E-state index contributed by atoms with van der Waals surface area (Å²) < 4.78 is 4.92. The van der Waals surface area contributed by atoms with Gasteiger partial charge in [-0.3, -0.25) is 24.1 Å². The van der Waals surface area contributed by atoms with E-state index >= 15 is 0 Å². The van der Waals surface area contributed by atoms with Gasteiger partial charge in [0.2, 0.25) is 11.8 Å². The molecule has 0 N–H and O–H groups in total. The van der Waals surface area contributed by atoms with Crippen molar-refractivity contribution < 1.29 is 23.9 Å². The number of allylic oxidation sites excluding steroid dienone is 2. The lowest BCUT2D eigenvalue weighted by Crippen LogP contribution is -2.37. The lowest BCUT2D eigenvalue weighted by Gasteiger charge is -2.14. The average molecular weight is 362 g/mol. The Kier molecular flexibility index (Phi) is 4.99. The third-order valence-electron chi connectivity index (χ3n) is 4.42. The molecule has 25 heavy (non-hydrogen) atoms. The first kappa shape index (κ1) is 17.4. The second-order valence-corrected chi connectivity index (χ2v) is 6.45. The highest BCUT2D eigenvalue weighted by Gasteiger charge is 2.47. The van der Waals surface area contributed by atoms with E-state index in [2.05, 4.69) is 0 Å². The number of rotatable bonds is 5. The van der Waals surface area contributed by atoms with Crippen molar-refractivity contribution in [2.45, 2.75) is 12.8 Å². The first-order valence-electron chi connectivity index (χ1n) is 7.92. The second-order valence-electron chi connectivity index (χ2n) is 6.01. The lowest BCUT2D eigenvalue weighted by molar-refractivity contribution is -0.152. The van der Waals surface area contributed by atoms with Crippen molar-refractivity contribution in [1.82, 2.24) is 4.90 Å². The van der Waals surface area contributed by atoms with Gasteiger partial charge < -0.3 is 4.74 Å². The Morgan fingerprint density at radius 2 is 1.60 bits per heavy atom. The van der Waals surface area contributed by atoms with E-state index in [0.29, 0.717) is 23.4 Å². The predicted octanol–water partition coefficient (Wildman–Crippen LogP) is 2.02. The van der Waals surface area contributed by atoms with Gasteiger partial charge in [-0.15, -0.1) is 0 Å². The molecular weight excluding hydrogens is 346 g/mol. The minimum Gasteiger partial charge on any atom is -0.456 e. The number of benzene rings is 1. The maximum absolute atomic E-state index is 12.3. The lowest BCUT2D eigenvalue weighted by atomic mass is 9.85. The molecule has 1 heterocycles. The van der Waals surface area contributed by atoms with Gasteiger partial charge in [-0.25, -0.2) is 0 Å². The van der Waals surface area contributed by atoms with Gasteiger partial charge in [0.25, 0.3) is 0 Å². The number of Topliss-reactive ketones (excluding diaryl/α,β-unsaturated/α-hetero) is 1. The topological polar surface area (TPSA) is 80.8 Å². The first-order valence-corrected chi connectivity index (χ1v) is 8.30. The van der Waals surface area contributed by atoms with Crippen LogP contribution >= 0.6 is 11.6 Å². The Morgan fingerprint density at radius 1 is 1.04 bits per heavy atom. The van der Waals surface area contributed by atoms with Crippen LogP contribution in [0.5, 0.6) is 0 Å². The number of likely N-dealkylation sites (tertiary alicyclic amines) is 1. The Bertz CT molecular complexity index is 729. The van der Waals surface area contributed by atoms with Gasteiger partial charge in [0.05, 0.1) is 11.8 Å². The van der Waals surface area contributed by atoms with Gasteiger partial charge in [-0.1, -0.05) is 23.8 Å². The summed E-state index contributed by atoms with van der Waals surface area (Å²) >= 11 is 5.75. The molecule has 2 aliphatic rings. The van der Waals surface area contributed by atoms with Crippen molar-refractivity contribution >= 4 is 35.2 Å². The van der Waals surface area contributed by atoms with E-state index in [1.54, 1.807) is 12.1 Å². The van der Waals surface area contributed by atoms with Gasteiger partial charge in [0.1, 0.15) is 6.54 Å². The number of ketones is 1. The summed E-state index contributed by atoms with van der Waals surface area (Å²) in [5.41, 5.74) is 0.364. The molecule has 0 saturated carbocycles. The molecule has 6 nitrogen and oxygen atoms in total. The molecule has 1 aliphatic carbocycles. The van der Waals surface area contributed by atoms with E-state index in [1.165, 1.54) is 12.1 Å². The normalized spacial score (nSPS) is 22.0. The number of hydrogen-bond donors (Lipinski definition) is 0. The number of carbonyl (C=O) groups is 4. The van der Waals surface area contributed by atoms with Crippen LogP contribution in [-0.2, 0) is 19.1 Å². The smallest absolute Gasteiger partial charge is 0.326 e. The number of imide groups is 1. The molecule has 2 atom stereocenters. The zero-order chi connectivity index (χ0) is 18.0. The number of hydrogen-bond acceptors (Lipinski definition) is 5. The summed E-state index contributed by atoms with van der Waals surface area (Å²) in [6, 6.07) is 6.19. The minimum absolute atomic E-state index is 0.347. The monoisotopic (exact) mass is 361 g/mol. The molecule has 0 bridgehead atoms. The number of amides is 2. The van der Waals surface area contributed by atoms with Crippen LogP contribution in [0.25, 0.3) is 0 Å². The van der Waals surface area contributed by atoms with Crippen molar-refractivity contribution in [3.05, 3.63) is 47.0 Å². The SMILES string of the molecule is O=C(CN1C(=O)[C@H]2CC=CC[C@@H]2C1=O)OCC(=O)c1ccc(Cl)cc1. The molecule has 1 saturated heterocycles. The maximum Gasteiger partial charge on any atom is 0.326 e. The van der Waals surface area contributed by atoms with Crippen LogP contribution in [-0.4, -0.2) is 41.6 Å². The summed E-state index contributed by atoms with van der Waals surface area (Å²) in [4.78, 5) is 49.3. The molecule has 7 heteroatoms. The van der Waals surface area contributed by atoms with Gasteiger partial charge in [-0.2, -0.15) is 0 Å². The summed E-state index contributed by atoms with van der Waals surface area (Å²) in [6.45, 7) is -0.913. The van der Waals surface area contributed by atoms with Crippen LogP contribution in [0.1, 0.15) is 23.2 Å². The molecule has 1 fully saturated rings. The van der Waals surface area contributed by atoms with Gasteiger partial charge in [0.15, 0.2) is 12.4 Å². The highest BCUT2D eigenvalue weighted by Crippen LogP contribution is 2.34. The van der Waals surface area contributed by atoms with Crippen LogP contribution in [0.4, 0.5) is 0 Å². The number of halogens is 1. The van der Waals surface area contributed by atoms with Crippen LogP contribution in [0.3, 0.4) is 0 Å². The fraction of sp³-hybridized carbons (Fsp3) is 0.333. The summed E-state index contributed by atoms with van der Waals surface area (Å²) in [6.07, 6.45) is 4.77. The first-order chi connectivity index (χ1) is 12.0. The number of fused-ring (bicyclic) bond motifs is 1. The molecule has 1 aromatic rings. The Balaban J connectivity index is 1.54. The highest BCUT2D eigenvalue weighted by atomic mass is 35.5. The van der Waals surface area contributed by atoms with Gasteiger partial charge in [0, 0.05) is 10.6 Å². The molecule has 3 rings (SSSR count). The standard InChI is InChI=1S/C18H16ClNO5/c19-12-7-5-11(6-8-12)15(21)10-25-16(22)9-20-17(23)13-3-1-2-4-14(13)18(20)24/h1-2,5-8,13-14H,3-4,9-10H2/t13-,14-/m0/s1. The third-order valence-corrected chi connectivity index (χ3v) is 4.67. The van der Waals surface area contributed by atoms with Gasteiger partial charge >= 0.3 is 5.97 Å². The van der Waals surface area contributed by atoms with E-state index in [1.807, 2.05) is 12.2 Å². The summed E-state index contributed by atoms with van der Waals surface area (Å²) in [5, 5.41) is 0.496. The van der Waals surface area contributed by atoms with E-state index in [0.717, 1.165) is 4.90 Å². The number of carbonyl (C=O) groups excluding carboxylic acids is 4. The van der Waals surface area contributed by atoms with Gasteiger partial charge in [-0.05, 0) is 37.1 Å². The molecule has 0 aromatic heterocycles. The Labute approximate surface area is 149 Å². The molecule has 130 valence electrons. The largest absolute Gasteiger partial charge is 0.456 e. The zero-order valence-electron chi connectivity index (χ0n) is 13.3. The number of esters is 1. The van der Waals surface area contributed by atoms with E-state index in [-0.39, 0.29) is 29.4 Å². The molecule has 2 amide bonds. The van der Waals surface area contributed by atoms with Crippen LogP contribution < -0.4 is 0 Å². The Hall–Kier alpha value is -2.47. The quantitative estimate of drug-likeness (QED) is 0.347. The van der Waals surface area contributed by atoms with Crippen LogP contribution in [0.15, 0.2) is 36.4 Å². The van der Waals surface area contributed by atoms with Crippen molar-refractivity contribution in [3.8, 4) is 0 Å². The van der Waals surface area contributed by atoms with E-state index in [4.69, 9.17) is 16.3 Å². The molecule has 1 aliphatic heterocycles. The van der Waals surface area contributed by atoms with Crippen LogP contribution in [0.2, 0.25) is 5.02 Å². The zero-order valence-corrected chi connectivity index (χ0v) is 14.1. The maximum atomic E-state index is 12.3. The van der Waals surface area contributed by atoms with Crippen molar-refractivity contribution in [2.24, 2.45) is 11.8 Å². The number of ether oxygens (including phenoxy) is 1. The fourth-order valence-electron chi connectivity index (χ4n) is 3.06. The second kappa shape index (κ2) is 7.19. The average Bonchev–Trinajstić information content (AvgIpc) is 2.86. The fourth-order valence-corrected chi connectivity index (χ4v) is 3.19. The summed E-state index contributed by atoms with van der Waals surface area (Å²) in [7, 11) is 0. The van der Waals surface area contributed by atoms with E-state index < -0.39 is 19.1 Å². The van der Waals surface area contributed by atoms with Crippen molar-refractivity contribution in [3.63, 3.8) is 0 Å². The Morgan fingerprint density at radius 3 is 2.16 bits per heavy atom. The molecule has 1 aromatic carbocycles. The van der Waals surface area contributed by atoms with Crippen molar-refractivity contribution in [2.75, 3.05) is 13.2 Å². The molecule has 0 spiro atoms. The molecule has 0 radical (unpaired) electrons. The molecule has 0 unspecified atom stereocenters. The van der Waals surface area contributed by atoms with Crippen molar-refractivity contribution in [1.29, 1.82) is 0 Å². The predicted molar refractivity (Wildman–Crippen MR) is 88.8 cm³/mol. The molecular formula is C18H16ClNO5. The number of nitrogens with zero attached hydrogens (tertiary/aromatic N) is 1. The highest BCUT2D eigenvalue weighted by molar-refractivity contribution is 6.30. The van der Waals surface area contributed by atoms with Crippen LogP contribution in [0, 0.1) is 11.8 Å². The minimum atomic E-state index is -0.782. The van der Waals surface area contributed by atoms with E-state index in [9.17, 15) is 19.2 Å².